The van der Waals surface area contributed by atoms with Crippen molar-refractivity contribution in [3.63, 3.8) is 0 Å². The van der Waals surface area contributed by atoms with Gasteiger partial charge in [-0.3, -0.25) is 0 Å². The normalized spacial score (nSPS) is 11.5. The Labute approximate surface area is 127 Å². The fraction of sp³-hybridized carbons (Fsp3) is 0.176. The predicted octanol–water partition coefficient (Wildman–Crippen LogP) is 5.20. The Kier molecular flexibility index (Phi) is 4.96. The van der Waals surface area contributed by atoms with E-state index in [9.17, 15) is 4.39 Å². The number of hydrogen-bond acceptors (Lipinski definition) is 1. The van der Waals surface area contributed by atoms with E-state index in [2.05, 4.69) is 28.9 Å². The zero-order valence-corrected chi connectivity index (χ0v) is 13.1. The fourth-order valence-electron chi connectivity index (χ4n) is 2.19. The van der Waals surface area contributed by atoms with Gasteiger partial charge in [-0.25, -0.2) is 4.39 Å². The molecule has 2 aromatic carbocycles. The zero-order valence-electron chi connectivity index (χ0n) is 11.5. The molecular weight excluding hydrogens is 319 g/mol. The monoisotopic (exact) mass is 334 g/mol. The summed E-state index contributed by atoms with van der Waals surface area (Å²) >= 11 is 3.24. The predicted molar refractivity (Wildman–Crippen MR) is 84.3 cm³/mol. The molecule has 0 unspecified atom stereocenters. The second-order valence-corrected chi connectivity index (χ2v) is 5.04. The summed E-state index contributed by atoms with van der Waals surface area (Å²) in [5, 5.41) is 0. The second-order valence-electron chi connectivity index (χ2n) is 4.58. The number of benzene rings is 2. The average Bonchev–Trinajstić information content (AvgIpc) is 2.42. The maximum absolute atomic E-state index is 13.3. The molecular formula is C17H16BrFO. The minimum atomic E-state index is -0.225. The molecule has 3 heteroatoms. The van der Waals surface area contributed by atoms with E-state index in [0.717, 1.165) is 27.8 Å². The summed E-state index contributed by atoms with van der Waals surface area (Å²) in [6.07, 6.45) is 1.72. The maximum Gasteiger partial charge on any atom is 0.142 e. The van der Waals surface area contributed by atoms with Gasteiger partial charge in [0.15, 0.2) is 0 Å². The molecule has 0 N–H and O–H groups in total. The Balaban J connectivity index is 2.57. The SMILES string of the molecule is Cc1ccccc1/C(=C/OCBr)c1ccc(F)cc1C. The van der Waals surface area contributed by atoms with E-state index >= 15 is 0 Å². The highest BCUT2D eigenvalue weighted by Crippen LogP contribution is 2.29. The van der Waals surface area contributed by atoms with Crippen molar-refractivity contribution in [1.29, 1.82) is 0 Å². The van der Waals surface area contributed by atoms with Gasteiger partial charge in [0.05, 0.1) is 6.26 Å². The number of hydrogen-bond donors (Lipinski definition) is 0. The lowest BCUT2D eigenvalue weighted by molar-refractivity contribution is 0.324. The van der Waals surface area contributed by atoms with Gasteiger partial charge in [-0.15, -0.1) is 0 Å². The lowest BCUT2D eigenvalue weighted by Crippen LogP contribution is -1.96. The molecule has 0 radical (unpaired) electrons. The van der Waals surface area contributed by atoms with Gasteiger partial charge >= 0.3 is 0 Å². The van der Waals surface area contributed by atoms with E-state index in [1.165, 1.54) is 12.1 Å². The third-order valence-electron chi connectivity index (χ3n) is 3.18. The van der Waals surface area contributed by atoms with Crippen molar-refractivity contribution >= 4 is 21.5 Å². The minimum absolute atomic E-state index is 0.225. The van der Waals surface area contributed by atoms with Gasteiger partial charge in [0.1, 0.15) is 11.3 Å². The van der Waals surface area contributed by atoms with Crippen molar-refractivity contribution in [2.75, 3.05) is 5.52 Å². The van der Waals surface area contributed by atoms with Crippen LogP contribution in [0.4, 0.5) is 4.39 Å². The molecule has 0 aliphatic rings. The summed E-state index contributed by atoms with van der Waals surface area (Å²) < 4.78 is 18.7. The van der Waals surface area contributed by atoms with Crippen LogP contribution in [0.3, 0.4) is 0 Å². The van der Waals surface area contributed by atoms with Crippen LogP contribution < -0.4 is 0 Å². The van der Waals surface area contributed by atoms with Crippen LogP contribution in [0.5, 0.6) is 0 Å². The Morgan fingerprint density at radius 2 is 1.80 bits per heavy atom. The lowest BCUT2D eigenvalue weighted by Gasteiger charge is -2.13. The molecule has 0 heterocycles. The minimum Gasteiger partial charge on any atom is -0.489 e. The number of rotatable bonds is 4. The summed E-state index contributed by atoms with van der Waals surface area (Å²) in [4.78, 5) is 0. The van der Waals surface area contributed by atoms with Crippen LogP contribution in [-0.2, 0) is 4.74 Å². The highest BCUT2D eigenvalue weighted by atomic mass is 79.9. The first kappa shape index (κ1) is 14.8. The topological polar surface area (TPSA) is 9.23 Å². The van der Waals surface area contributed by atoms with Crippen LogP contribution in [0.1, 0.15) is 22.3 Å². The zero-order chi connectivity index (χ0) is 14.5. The first-order chi connectivity index (χ1) is 9.63. The smallest absolute Gasteiger partial charge is 0.142 e. The van der Waals surface area contributed by atoms with Crippen molar-refractivity contribution in [1.82, 2.24) is 0 Å². The third kappa shape index (κ3) is 3.28. The van der Waals surface area contributed by atoms with Crippen molar-refractivity contribution in [3.05, 3.63) is 76.8 Å². The molecule has 0 amide bonds. The molecule has 0 spiro atoms. The van der Waals surface area contributed by atoms with Gasteiger partial charge in [0.2, 0.25) is 0 Å². The van der Waals surface area contributed by atoms with Crippen LogP contribution >= 0.6 is 15.9 Å². The highest BCUT2D eigenvalue weighted by molar-refractivity contribution is 9.09. The third-order valence-corrected chi connectivity index (χ3v) is 3.44. The van der Waals surface area contributed by atoms with Crippen LogP contribution in [0.2, 0.25) is 0 Å². The average molecular weight is 335 g/mol. The van der Waals surface area contributed by atoms with E-state index < -0.39 is 0 Å². The van der Waals surface area contributed by atoms with Crippen molar-refractivity contribution in [3.8, 4) is 0 Å². The van der Waals surface area contributed by atoms with Gasteiger partial charge < -0.3 is 4.74 Å². The maximum atomic E-state index is 13.3. The number of halogens is 2. The molecule has 1 nitrogen and oxygen atoms in total. The number of alkyl halides is 1. The molecule has 2 rings (SSSR count). The van der Waals surface area contributed by atoms with Crippen molar-refractivity contribution in [2.45, 2.75) is 13.8 Å². The van der Waals surface area contributed by atoms with Crippen molar-refractivity contribution < 1.29 is 9.13 Å². The standard InChI is InChI=1S/C17H16BrFO/c1-12-5-3-4-6-15(12)17(10-20-11-18)16-8-7-14(19)9-13(16)2/h3-10H,11H2,1-2H3/b17-10-. The molecule has 0 aliphatic heterocycles. The molecule has 0 fully saturated rings. The van der Waals surface area contributed by atoms with E-state index in [1.807, 2.05) is 25.1 Å². The van der Waals surface area contributed by atoms with E-state index in [1.54, 1.807) is 12.3 Å². The molecule has 20 heavy (non-hydrogen) atoms. The Morgan fingerprint density at radius 3 is 2.45 bits per heavy atom. The molecule has 0 saturated carbocycles. The summed E-state index contributed by atoms with van der Waals surface area (Å²) in [6, 6.07) is 12.9. The Hall–Kier alpha value is -1.61. The summed E-state index contributed by atoms with van der Waals surface area (Å²) in [7, 11) is 0. The Bertz CT molecular complexity index is 635. The second kappa shape index (κ2) is 6.71. The van der Waals surface area contributed by atoms with Crippen LogP contribution in [0, 0.1) is 19.7 Å². The lowest BCUT2D eigenvalue weighted by atomic mass is 9.92. The Morgan fingerprint density at radius 1 is 1.10 bits per heavy atom. The van der Waals surface area contributed by atoms with Gasteiger partial charge in [0.25, 0.3) is 0 Å². The van der Waals surface area contributed by atoms with Gasteiger partial charge in [-0.05, 0) is 64.2 Å². The van der Waals surface area contributed by atoms with E-state index in [-0.39, 0.29) is 5.82 Å². The van der Waals surface area contributed by atoms with Crippen molar-refractivity contribution in [2.24, 2.45) is 0 Å². The largest absolute Gasteiger partial charge is 0.489 e. The molecule has 104 valence electrons. The van der Waals surface area contributed by atoms with Gasteiger partial charge in [-0.1, -0.05) is 30.3 Å². The quantitative estimate of drug-likeness (QED) is 0.551. The molecule has 0 saturated heterocycles. The van der Waals surface area contributed by atoms with Crippen LogP contribution in [0.25, 0.3) is 5.57 Å². The molecule has 0 bridgehead atoms. The van der Waals surface area contributed by atoms with Crippen LogP contribution in [-0.4, -0.2) is 5.52 Å². The van der Waals surface area contributed by atoms with Gasteiger partial charge in [-0.2, -0.15) is 0 Å². The fourth-order valence-corrected chi connectivity index (χ4v) is 2.32. The number of ether oxygens (including phenoxy) is 1. The van der Waals surface area contributed by atoms with Crippen LogP contribution in [0.15, 0.2) is 48.7 Å². The molecule has 0 atom stereocenters. The van der Waals surface area contributed by atoms with E-state index in [4.69, 9.17) is 4.74 Å². The first-order valence-corrected chi connectivity index (χ1v) is 7.46. The molecule has 0 aliphatic carbocycles. The first-order valence-electron chi connectivity index (χ1n) is 6.33. The van der Waals surface area contributed by atoms with Gasteiger partial charge in [0, 0.05) is 5.57 Å². The molecule has 0 aromatic heterocycles. The summed E-state index contributed by atoms with van der Waals surface area (Å²) in [6.45, 7) is 3.95. The van der Waals surface area contributed by atoms with E-state index in [0.29, 0.717) is 5.52 Å². The number of aryl methyl sites for hydroxylation is 2. The summed E-state index contributed by atoms with van der Waals surface area (Å²) in [5.74, 6) is -0.225. The highest BCUT2D eigenvalue weighted by Gasteiger charge is 2.11. The summed E-state index contributed by atoms with van der Waals surface area (Å²) in [5.41, 5.74) is 5.48. The molecule has 2 aromatic rings.